The zero-order valence-corrected chi connectivity index (χ0v) is 18.7. The van der Waals surface area contributed by atoms with Gasteiger partial charge in [0.1, 0.15) is 12.4 Å². The third-order valence-corrected chi connectivity index (χ3v) is 8.19. The monoisotopic (exact) mass is 470 g/mol. The van der Waals surface area contributed by atoms with Gasteiger partial charge >= 0.3 is 0 Å². The minimum Gasteiger partial charge on any atom is -0.310 e. The quantitative estimate of drug-likeness (QED) is 0.584. The number of amides is 1. The van der Waals surface area contributed by atoms with Gasteiger partial charge in [0.05, 0.1) is 22.1 Å². The molecule has 3 aromatic rings. The summed E-state index contributed by atoms with van der Waals surface area (Å²) in [5, 5.41) is 0.237. The molecule has 0 bridgehead atoms. The van der Waals surface area contributed by atoms with E-state index in [1.54, 1.807) is 23.1 Å². The van der Waals surface area contributed by atoms with Crippen LogP contribution in [0.25, 0.3) is 10.9 Å². The summed E-state index contributed by atoms with van der Waals surface area (Å²) in [5.74, 6) is -0.788. The van der Waals surface area contributed by atoms with Crippen LogP contribution in [0.4, 0.5) is 10.1 Å². The first kappa shape index (κ1) is 21.7. The van der Waals surface area contributed by atoms with Crippen molar-refractivity contribution >= 4 is 32.5 Å². The molecule has 0 unspecified atom stereocenters. The average Bonchev–Trinajstić information content (AvgIpc) is 3.25. The Balaban J connectivity index is 1.38. The zero-order valence-electron chi connectivity index (χ0n) is 17.9. The van der Waals surface area contributed by atoms with Gasteiger partial charge in [0, 0.05) is 31.4 Å². The van der Waals surface area contributed by atoms with Gasteiger partial charge in [0.2, 0.25) is 15.9 Å². The molecule has 0 aliphatic carbocycles. The Bertz CT molecular complexity index is 1410. The van der Waals surface area contributed by atoms with Crippen LogP contribution in [0.5, 0.6) is 0 Å². The second-order valence-electron chi connectivity index (χ2n) is 8.39. The minimum absolute atomic E-state index is 0.216. The van der Waals surface area contributed by atoms with Crippen LogP contribution in [0.3, 0.4) is 0 Å². The molecule has 1 saturated heterocycles. The number of hydrogen-bond donors (Lipinski definition) is 0. The van der Waals surface area contributed by atoms with Gasteiger partial charge in [-0.2, -0.15) is 4.31 Å². The van der Waals surface area contributed by atoms with Crippen LogP contribution in [0, 0.1) is 5.82 Å². The number of aromatic nitrogens is 2. The molecule has 2 aliphatic rings. The molecule has 1 aromatic heterocycles. The highest BCUT2D eigenvalue weighted by atomic mass is 32.2. The third-order valence-electron chi connectivity index (χ3n) is 6.29. The van der Waals surface area contributed by atoms with E-state index < -0.39 is 21.4 Å². The van der Waals surface area contributed by atoms with Crippen molar-refractivity contribution in [3.63, 3.8) is 0 Å². The highest BCUT2D eigenvalue weighted by Gasteiger charge is 2.30. The molecular formula is C23H23FN4O4S. The summed E-state index contributed by atoms with van der Waals surface area (Å²) < 4.78 is 42.1. The van der Waals surface area contributed by atoms with Crippen LogP contribution < -0.4 is 10.5 Å². The summed E-state index contributed by atoms with van der Waals surface area (Å²) in [7, 11) is -3.55. The van der Waals surface area contributed by atoms with Crippen molar-refractivity contribution in [2.75, 3.05) is 24.5 Å². The lowest BCUT2D eigenvalue weighted by Gasteiger charge is -2.26. The van der Waals surface area contributed by atoms with Gasteiger partial charge in [-0.05, 0) is 55.2 Å². The number of carbonyl (C=O) groups excluding carboxylic acids is 1. The molecule has 0 saturated carbocycles. The highest BCUT2D eigenvalue weighted by molar-refractivity contribution is 7.89. The normalized spacial score (nSPS) is 16.8. The minimum atomic E-state index is -3.55. The second kappa shape index (κ2) is 8.35. The lowest BCUT2D eigenvalue weighted by Crippen LogP contribution is -2.36. The number of sulfonamides is 1. The third kappa shape index (κ3) is 3.93. The van der Waals surface area contributed by atoms with E-state index in [2.05, 4.69) is 4.98 Å². The van der Waals surface area contributed by atoms with Gasteiger partial charge in [-0.3, -0.25) is 14.2 Å². The maximum absolute atomic E-state index is 13.4. The van der Waals surface area contributed by atoms with Gasteiger partial charge in [0.25, 0.3) is 5.56 Å². The summed E-state index contributed by atoms with van der Waals surface area (Å²) in [6, 6.07) is 8.59. The highest BCUT2D eigenvalue weighted by Crippen LogP contribution is 2.32. The number of piperidine rings is 1. The van der Waals surface area contributed by atoms with Crippen molar-refractivity contribution < 1.29 is 17.6 Å². The predicted molar refractivity (Wildman–Crippen MR) is 121 cm³/mol. The molecule has 0 atom stereocenters. The summed E-state index contributed by atoms with van der Waals surface area (Å²) >= 11 is 0. The van der Waals surface area contributed by atoms with E-state index >= 15 is 0 Å². The Labute approximate surface area is 190 Å². The lowest BCUT2D eigenvalue weighted by atomic mass is 10.2. The van der Waals surface area contributed by atoms with Gasteiger partial charge in [-0.25, -0.2) is 17.8 Å². The largest absolute Gasteiger partial charge is 0.310 e. The average molecular weight is 471 g/mol. The van der Waals surface area contributed by atoms with Crippen molar-refractivity contribution in [2.45, 2.75) is 37.1 Å². The van der Waals surface area contributed by atoms with Crippen LogP contribution in [0.2, 0.25) is 0 Å². The predicted octanol–water partition coefficient (Wildman–Crippen LogP) is 2.30. The Morgan fingerprint density at radius 2 is 1.82 bits per heavy atom. The fourth-order valence-electron chi connectivity index (χ4n) is 4.53. The van der Waals surface area contributed by atoms with E-state index in [0.29, 0.717) is 31.7 Å². The van der Waals surface area contributed by atoms with Crippen molar-refractivity contribution in [3.05, 3.63) is 64.5 Å². The number of fused-ring (bicyclic) bond motifs is 2. The van der Waals surface area contributed by atoms with Crippen LogP contribution in [-0.2, 0) is 27.8 Å². The van der Waals surface area contributed by atoms with Gasteiger partial charge < -0.3 is 4.90 Å². The number of rotatable bonds is 4. The molecule has 33 heavy (non-hydrogen) atoms. The van der Waals surface area contributed by atoms with E-state index in [1.165, 1.54) is 33.4 Å². The zero-order chi connectivity index (χ0) is 23.2. The second-order valence-corrected chi connectivity index (χ2v) is 10.3. The summed E-state index contributed by atoms with van der Waals surface area (Å²) in [5.41, 5.74) is 1.26. The molecule has 172 valence electrons. The van der Waals surface area contributed by atoms with E-state index in [0.717, 1.165) is 24.8 Å². The lowest BCUT2D eigenvalue weighted by molar-refractivity contribution is -0.119. The number of nitrogens with zero attached hydrogens (tertiary/aromatic N) is 4. The van der Waals surface area contributed by atoms with Crippen molar-refractivity contribution in [2.24, 2.45) is 0 Å². The number of benzene rings is 2. The molecule has 8 nitrogen and oxygen atoms in total. The molecule has 0 spiro atoms. The van der Waals surface area contributed by atoms with E-state index in [9.17, 15) is 22.4 Å². The van der Waals surface area contributed by atoms with Crippen molar-refractivity contribution in [1.29, 1.82) is 0 Å². The Kier molecular flexibility index (Phi) is 5.49. The first-order valence-corrected chi connectivity index (χ1v) is 12.4. The summed E-state index contributed by atoms with van der Waals surface area (Å²) in [6.07, 6.45) is 4.55. The molecular weight excluding hydrogens is 447 g/mol. The van der Waals surface area contributed by atoms with Crippen LogP contribution >= 0.6 is 0 Å². The maximum atomic E-state index is 13.4. The molecule has 10 heteroatoms. The van der Waals surface area contributed by atoms with Crippen molar-refractivity contribution in [1.82, 2.24) is 13.9 Å². The van der Waals surface area contributed by atoms with E-state index in [-0.39, 0.29) is 28.3 Å². The fraction of sp³-hybridized carbons (Fsp3) is 0.348. The molecule has 2 aliphatic heterocycles. The van der Waals surface area contributed by atoms with Crippen molar-refractivity contribution in [3.8, 4) is 0 Å². The Morgan fingerprint density at radius 3 is 2.61 bits per heavy atom. The van der Waals surface area contributed by atoms with Gasteiger partial charge in [-0.1, -0.05) is 6.42 Å². The van der Waals surface area contributed by atoms with Crippen LogP contribution in [0.15, 0.2) is 52.4 Å². The van der Waals surface area contributed by atoms with Gasteiger partial charge in [-0.15, -0.1) is 0 Å². The SMILES string of the molecule is O=C(Cn1cnc2cc(F)ccc2c1=O)N1CCc2cc(S(=O)(=O)N3CCCCC3)ccc21. The maximum Gasteiger partial charge on any atom is 0.261 e. The number of halogens is 1. The van der Waals surface area contributed by atoms with Gasteiger partial charge in [0.15, 0.2) is 0 Å². The topological polar surface area (TPSA) is 92.6 Å². The molecule has 1 fully saturated rings. The summed E-state index contributed by atoms with van der Waals surface area (Å²) in [6.45, 7) is 1.26. The standard InChI is InChI=1S/C23H23FN4O4S/c24-17-4-6-19-20(13-17)25-15-26(23(19)30)14-22(29)28-11-8-16-12-18(5-7-21(16)28)33(31,32)27-9-2-1-3-10-27/h4-7,12-13,15H,1-3,8-11,14H2. The molecule has 0 radical (unpaired) electrons. The Morgan fingerprint density at radius 1 is 1.03 bits per heavy atom. The molecule has 5 rings (SSSR count). The van der Waals surface area contributed by atoms with E-state index in [4.69, 9.17) is 0 Å². The molecule has 0 N–H and O–H groups in total. The molecule has 2 aromatic carbocycles. The van der Waals surface area contributed by atoms with E-state index in [1.807, 2.05) is 0 Å². The fourth-order valence-corrected chi connectivity index (χ4v) is 6.10. The van der Waals surface area contributed by atoms with Crippen LogP contribution in [-0.4, -0.2) is 47.8 Å². The summed E-state index contributed by atoms with van der Waals surface area (Å²) in [4.78, 5) is 31.6. The number of anilines is 1. The Hall–Kier alpha value is -3.11. The first-order chi connectivity index (χ1) is 15.8. The first-order valence-electron chi connectivity index (χ1n) is 10.9. The number of hydrogen-bond acceptors (Lipinski definition) is 5. The molecule has 3 heterocycles. The van der Waals surface area contributed by atoms with Crippen LogP contribution in [0.1, 0.15) is 24.8 Å². The smallest absolute Gasteiger partial charge is 0.261 e. The number of carbonyl (C=O) groups is 1. The molecule has 1 amide bonds.